The van der Waals surface area contributed by atoms with Crippen LogP contribution in [0.25, 0.3) is 0 Å². The molecule has 0 saturated carbocycles. The quantitative estimate of drug-likeness (QED) is 0.798. The summed E-state index contributed by atoms with van der Waals surface area (Å²) in [6, 6.07) is 11.6. The smallest absolute Gasteiger partial charge is 0.272 e. The number of amides is 1. The largest absolute Gasteiger partial charge is 0.365 e. The topological polar surface area (TPSA) is 66.9 Å². The summed E-state index contributed by atoms with van der Waals surface area (Å²) in [7, 11) is 0. The highest BCUT2D eigenvalue weighted by molar-refractivity contribution is 5.92. The molecule has 2 aromatic rings. The Hall–Kier alpha value is -2.69. The Morgan fingerprint density at radius 1 is 1.19 bits per heavy atom. The van der Waals surface area contributed by atoms with Crippen LogP contribution in [0.2, 0.25) is 0 Å². The van der Waals surface area contributed by atoms with Crippen LogP contribution in [0.5, 0.6) is 0 Å². The second kappa shape index (κ2) is 7.19. The van der Waals surface area contributed by atoms with Crippen molar-refractivity contribution in [2.75, 3.05) is 11.9 Å². The zero-order chi connectivity index (χ0) is 15.1. The second-order valence-corrected chi connectivity index (χ2v) is 4.64. The molecule has 0 radical (unpaired) electrons. The van der Waals surface area contributed by atoms with Crippen molar-refractivity contribution in [2.24, 2.45) is 0 Å². The molecule has 108 valence electrons. The van der Waals surface area contributed by atoms with Gasteiger partial charge in [-0.3, -0.25) is 4.79 Å². The maximum absolute atomic E-state index is 11.6. The van der Waals surface area contributed by atoms with Crippen LogP contribution >= 0.6 is 0 Å². The Kier molecular flexibility index (Phi) is 5.04. The van der Waals surface area contributed by atoms with E-state index in [9.17, 15) is 4.79 Å². The third-order valence-corrected chi connectivity index (χ3v) is 2.90. The van der Waals surface area contributed by atoms with Crippen LogP contribution in [-0.2, 0) is 6.54 Å². The number of carbonyl (C=O) groups is 1. The summed E-state index contributed by atoms with van der Waals surface area (Å²) in [6.45, 7) is 6.67. The van der Waals surface area contributed by atoms with E-state index in [-0.39, 0.29) is 11.6 Å². The van der Waals surface area contributed by atoms with Crippen LogP contribution in [0.4, 0.5) is 5.82 Å². The standard InChI is InChI=1S/C16H18N4O/c1-3-10-17-16(21)14-8-9-15(20-19-14)18-11-13-6-4-12(2)5-7-13/h3-9H,1,10-11H2,2H3,(H,17,21)(H,18,20). The Balaban J connectivity index is 1.91. The Labute approximate surface area is 124 Å². The van der Waals surface area contributed by atoms with Gasteiger partial charge in [0.15, 0.2) is 5.69 Å². The minimum Gasteiger partial charge on any atom is -0.365 e. The number of nitrogens with zero attached hydrogens (tertiary/aromatic N) is 2. The van der Waals surface area contributed by atoms with Crippen LogP contribution in [-0.4, -0.2) is 22.6 Å². The van der Waals surface area contributed by atoms with Gasteiger partial charge in [0.05, 0.1) is 0 Å². The van der Waals surface area contributed by atoms with Crippen molar-refractivity contribution in [3.05, 3.63) is 65.9 Å². The first-order valence-corrected chi connectivity index (χ1v) is 6.71. The van der Waals surface area contributed by atoms with Gasteiger partial charge in [0.25, 0.3) is 5.91 Å². The molecule has 0 aliphatic heterocycles. The first kappa shape index (κ1) is 14.7. The van der Waals surface area contributed by atoms with Gasteiger partial charge < -0.3 is 10.6 Å². The number of aryl methyl sites for hydroxylation is 1. The molecule has 1 amide bonds. The van der Waals surface area contributed by atoms with Crippen LogP contribution in [0.15, 0.2) is 49.1 Å². The van der Waals surface area contributed by atoms with E-state index in [1.54, 1.807) is 18.2 Å². The molecular weight excluding hydrogens is 264 g/mol. The first-order valence-electron chi connectivity index (χ1n) is 6.71. The van der Waals surface area contributed by atoms with Crippen LogP contribution in [0.3, 0.4) is 0 Å². The van der Waals surface area contributed by atoms with Gasteiger partial charge in [0, 0.05) is 13.1 Å². The molecule has 5 heteroatoms. The van der Waals surface area contributed by atoms with E-state index in [0.717, 1.165) is 5.56 Å². The predicted octanol–water partition coefficient (Wildman–Crippen LogP) is 2.31. The first-order chi connectivity index (χ1) is 10.2. The third-order valence-electron chi connectivity index (χ3n) is 2.90. The monoisotopic (exact) mass is 282 g/mol. The fraction of sp³-hybridized carbons (Fsp3) is 0.188. The summed E-state index contributed by atoms with van der Waals surface area (Å²) in [6.07, 6.45) is 1.61. The summed E-state index contributed by atoms with van der Waals surface area (Å²) in [4.78, 5) is 11.6. The second-order valence-electron chi connectivity index (χ2n) is 4.64. The van der Waals surface area contributed by atoms with E-state index in [1.807, 2.05) is 0 Å². The third kappa shape index (κ3) is 4.42. The van der Waals surface area contributed by atoms with Crippen molar-refractivity contribution >= 4 is 11.7 Å². The Morgan fingerprint density at radius 2 is 1.95 bits per heavy atom. The summed E-state index contributed by atoms with van der Waals surface area (Å²) in [5.41, 5.74) is 2.68. The zero-order valence-electron chi connectivity index (χ0n) is 12.0. The van der Waals surface area contributed by atoms with Crippen molar-refractivity contribution in [3.63, 3.8) is 0 Å². The molecule has 0 bridgehead atoms. The zero-order valence-corrected chi connectivity index (χ0v) is 12.0. The maximum atomic E-state index is 11.6. The van der Waals surface area contributed by atoms with Gasteiger partial charge in [-0.2, -0.15) is 0 Å². The fourth-order valence-electron chi connectivity index (χ4n) is 1.70. The number of rotatable bonds is 6. The van der Waals surface area contributed by atoms with E-state index >= 15 is 0 Å². The molecule has 0 fully saturated rings. The van der Waals surface area contributed by atoms with E-state index in [0.29, 0.717) is 18.9 Å². The molecule has 0 atom stereocenters. The lowest BCUT2D eigenvalue weighted by atomic mass is 10.1. The van der Waals surface area contributed by atoms with Gasteiger partial charge in [0.2, 0.25) is 0 Å². The van der Waals surface area contributed by atoms with E-state index in [4.69, 9.17) is 0 Å². The van der Waals surface area contributed by atoms with Gasteiger partial charge in [-0.1, -0.05) is 35.9 Å². The molecule has 1 heterocycles. The number of anilines is 1. The molecule has 2 N–H and O–H groups in total. The number of nitrogens with one attached hydrogen (secondary N) is 2. The SMILES string of the molecule is C=CCNC(=O)c1ccc(NCc2ccc(C)cc2)nn1. The molecule has 1 aromatic heterocycles. The number of hydrogen-bond acceptors (Lipinski definition) is 4. The average molecular weight is 282 g/mol. The normalized spacial score (nSPS) is 9.95. The van der Waals surface area contributed by atoms with Gasteiger partial charge in [0.1, 0.15) is 5.82 Å². The Morgan fingerprint density at radius 3 is 2.57 bits per heavy atom. The molecule has 0 aliphatic rings. The predicted molar refractivity (Wildman–Crippen MR) is 83.1 cm³/mol. The molecule has 2 rings (SSSR count). The van der Waals surface area contributed by atoms with Crippen molar-refractivity contribution < 1.29 is 4.79 Å². The number of carbonyl (C=O) groups excluding carboxylic acids is 1. The molecule has 0 saturated heterocycles. The number of hydrogen-bond donors (Lipinski definition) is 2. The van der Waals surface area contributed by atoms with E-state index < -0.39 is 0 Å². The summed E-state index contributed by atoms with van der Waals surface area (Å²) < 4.78 is 0. The van der Waals surface area contributed by atoms with Crippen molar-refractivity contribution in [1.29, 1.82) is 0 Å². The summed E-state index contributed by atoms with van der Waals surface area (Å²) in [5.74, 6) is 0.378. The van der Waals surface area contributed by atoms with E-state index in [2.05, 4.69) is 58.6 Å². The minimum absolute atomic E-state index is 0.257. The van der Waals surface area contributed by atoms with Crippen molar-refractivity contribution in [2.45, 2.75) is 13.5 Å². The fourth-order valence-corrected chi connectivity index (χ4v) is 1.70. The summed E-state index contributed by atoms with van der Waals surface area (Å²) >= 11 is 0. The molecule has 0 spiro atoms. The van der Waals surface area contributed by atoms with Crippen LogP contribution in [0, 0.1) is 6.92 Å². The maximum Gasteiger partial charge on any atom is 0.272 e. The highest BCUT2D eigenvalue weighted by Crippen LogP contribution is 2.07. The molecule has 0 aliphatic carbocycles. The molecular formula is C16H18N4O. The van der Waals surface area contributed by atoms with Gasteiger partial charge in [-0.25, -0.2) is 0 Å². The number of aromatic nitrogens is 2. The molecule has 0 unspecified atom stereocenters. The van der Waals surface area contributed by atoms with Crippen molar-refractivity contribution in [3.8, 4) is 0 Å². The molecule has 21 heavy (non-hydrogen) atoms. The lowest BCUT2D eigenvalue weighted by molar-refractivity contribution is 0.0952. The average Bonchev–Trinajstić information content (AvgIpc) is 2.52. The van der Waals surface area contributed by atoms with Gasteiger partial charge in [-0.05, 0) is 24.6 Å². The van der Waals surface area contributed by atoms with Gasteiger partial charge in [-0.15, -0.1) is 16.8 Å². The van der Waals surface area contributed by atoms with E-state index in [1.165, 1.54) is 5.56 Å². The Bertz CT molecular complexity index is 605. The van der Waals surface area contributed by atoms with Crippen LogP contribution < -0.4 is 10.6 Å². The highest BCUT2D eigenvalue weighted by atomic mass is 16.1. The lowest BCUT2D eigenvalue weighted by Crippen LogP contribution is -2.24. The molecule has 5 nitrogen and oxygen atoms in total. The molecule has 1 aromatic carbocycles. The highest BCUT2D eigenvalue weighted by Gasteiger charge is 2.06. The minimum atomic E-state index is -0.257. The van der Waals surface area contributed by atoms with Crippen LogP contribution in [0.1, 0.15) is 21.6 Å². The number of benzene rings is 1. The van der Waals surface area contributed by atoms with Gasteiger partial charge >= 0.3 is 0 Å². The lowest BCUT2D eigenvalue weighted by Gasteiger charge is -2.06. The summed E-state index contributed by atoms with van der Waals surface area (Å²) in [5, 5.41) is 13.7. The van der Waals surface area contributed by atoms with Crippen molar-refractivity contribution in [1.82, 2.24) is 15.5 Å².